The van der Waals surface area contributed by atoms with E-state index in [4.69, 9.17) is 25.8 Å². The number of nitrogens with zero attached hydrogens (tertiary/aromatic N) is 2. The number of ether oxygens (including phenoxy) is 1. The zero-order valence-electron chi connectivity index (χ0n) is 21.5. The number of thiazole rings is 1. The fourth-order valence-electron chi connectivity index (χ4n) is 7.96. The maximum absolute atomic E-state index is 12.3. The van der Waals surface area contributed by atoms with Crippen molar-refractivity contribution in [1.29, 1.82) is 0 Å². The van der Waals surface area contributed by atoms with E-state index in [1.807, 2.05) is 30.3 Å². The van der Waals surface area contributed by atoms with Crippen LogP contribution in [0.3, 0.4) is 0 Å². The van der Waals surface area contributed by atoms with Crippen LogP contribution in [0.25, 0.3) is 21.5 Å². The maximum atomic E-state index is 12.3. The van der Waals surface area contributed by atoms with Gasteiger partial charge in [-0.15, -0.1) is 11.3 Å². The summed E-state index contributed by atoms with van der Waals surface area (Å²) in [5, 5.41) is 18.4. The molecule has 5 saturated carbocycles. The molecule has 0 aliphatic heterocycles. The summed E-state index contributed by atoms with van der Waals surface area (Å²) in [6, 6.07) is 14.2. The Morgan fingerprint density at radius 3 is 2.61 bits per heavy atom. The highest BCUT2D eigenvalue weighted by Crippen LogP contribution is 2.65. The lowest BCUT2D eigenvalue weighted by Gasteiger charge is -2.62. The predicted molar refractivity (Wildman–Crippen MR) is 148 cm³/mol. The summed E-state index contributed by atoms with van der Waals surface area (Å²) in [5.74, 6) is 2.33. The number of aromatic nitrogens is 2. The minimum atomic E-state index is -0.857. The molecule has 0 radical (unpaired) electrons. The monoisotopic (exact) mass is 546 g/mol. The van der Waals surface area contributed by atoms with Crippen LogP contribution in [0.1, 0.15) is 72.8 Å². The summed E-state index contributed by atoms with van der Waals surface area (Å²) in [7, 11) is 0. The molecule has 38 heavy (non-hydrogen) atoms. The zero-order valence-corrected chi connectivity index (χ0v) is 23.0. The van der Waals surface area contributed by atoms with Gasteiger partial charge in [0.1, 0.15) is 22.1 Å². The van der Waals surface area contributed by atoms with Gasteiger partial charge < -0.3 is 14.4 Å². The molecule has 5 nitrogen and oxygen atoms in total. The molecule has 5 fully saturated rings. The molecule has 196 valence electrons. The molecule has 5 atom stereocenters. The molecule has 2 heterocycles. The molecule has 2 aromatic heterocycles. The number of hydrogen-bond donors (Lipinski definition) is 1. The van der Waals surface area contributed by atoms with Crippen molar-refractivity contribution in [3.05, 3.63) is 69.4 Å². The molecule has 1 N–H and O–H groups in total. The average Bonchev–Trinajstić information content (AvgIpc) is 3.50. The summed E-state index contributed by atoms with van der Waals surface area (Å²) in [5.41, 5.74) is 3.83. The Morgan fingerprint density at radius 1 is 1.08 bits per heavy atom. The van der Waals surface area contributed by atoms with Crippen LogP contribution < -0.4 is 0 Å². The fourth-order valence-corrected chi connectivity index (χ4v) is 9.49. The quantitative estimate of drug-likeness (QED) is 0.267. The van der Waals surface area contributed by atoms with Gasteiger partial charge in [0.25, 0.3) is 0 Å². The molecule has 7 heteroatoms. The van der Waals surface area contributed by atoms with Crippen LogP contribution in [-0.4, -0.2) is 20.8 Å². The summed E-state index contributed by atoms with van der Waals surface area (Å²) in [4.78, 5) is 4.93. The van der Waals surface area contributed by atoms with Gasteiger partial charge in [0.05, 0.1) is 27.4 Å². The Bertz CT molecular complexity index is 1490. The number of aliphatic hydroxyl groups is 1. The molecule has 0 spiro atoms. The van der Waals surface area contributed by atoms with Gasteiger partial charge in [0.15, 0.2) is 0 Å². The number of benzene rings is 2. The third kappa shape index (κ3) is 3.50. The Morgan fingerprint density at radius 2 is 1.87 bits per heavy atom. The van der Waals surface area contributed by atoms with Gasteiger partial charge in [-0.3, -0.25) is 0 Å². The highest BCUT2D eigenvalue weighted by atomic mass is 35.5. The van der Waals surface area contributed by atoms with E-state index in [1.54, 1.807) is 11.3 Å². The highest BCUT2D eigenvalue weighted by molar-refractivity contribution is 7.18. The van der Waals surface area contributed by atoms with Gasteiger partial charge in [-0.25, -0.2) is 4.98 Å². The molecule has 2 aromatic carbocycles. The van der Waals surface area contributed by atoms with Crippen molar-refractivity contribution in [3.8, 4) is 11.3 Å². The fraction of sp³-hybridized carbons (Fsp3) is 0.484. The molecule has 0 saturated heterocycles. The van der Waals surface area contributed by atoms with E-state index in [1.165, 1.54) is 0 Å². The normalized spacial score (nSPS) is 31.9. The lowest BCUT2D eigenvalue weighted by atomic mass is 9.48. The summed E-state index contributed by atoms with van der Waals surface area (Å²) < 4.78 is 14.1. The lowest BCUT2D eigenvalue weighted by molar-refractivity contribution is -0.250. The first-order chi connectivity index (χ1) is 18.4. The van der Waals surface area contributed by atoms with Crippen LogP contribution in [0.2, 0.25) is 5.02 Å². The number of halogens is 1. The van der Waals surface area contributed by atoms with Crippen LogP contribution in [-0.2, 0) is 16.9 Å². The molecule has 4 bridgehead atoms. The Balaban J connectivity index is 1.11. The molecule has 4 aromatic rings. The van der Waals surface area contributed by atoms with Crippen molar-refractivity contribution in [2.75, 3.05) is 0 Å². The molecular weight excluding hydrogens is 516 g/mol. The van der Waals surface area contributed by atoms with Crippen LogP contribution in [0.5, 0.6) is 0 Å². The van der Waals surface area contributed by atoms with E-state index in [9.17, 15) is 5.11 Å². The second-order valence-electron chi connectivity index (χ2n) is 12.2. The van der Waals surface area contributed by atoms with Crippen LogP contribution >= 0.6 is 22.9 Å². The van der Waals surface area contributed by atoms with E-state index < -0.39 is 5.60 Å². The zero-order chi connectivity index (χ0) is 25.6. The average molecular weight is 547 g/mol. The molecular formula is C31H31ClN2O3S. The number of aryl methyl sites for hydroxylation is 1. The van der Waals surface area contributed by atoms with Crippen molar-refractivity contribution in [2.45, 2.75) is 75.6 Å². The van der Waals surface area contributed by atoms with Crippen LogP contribution in [0, 0.1) is 24.7 Å². The van der Waals surface area contributed by atoms with Gasteiger partial charge in [-0.05, 0) is 93.4 Å². The number of fused-ring (bicyclic) bond motifs is 1. The van der Waals surface area contributed by atoms with Crippen molar-refractivity contribution in [2.24, 2.45) is 17.8 Å². The second-order valence-corrected chi connectivity index (χ2v) is 13.6. The minimum absolute atomic E-state index is 0.171. The molecule has 5 aliphatic carbocycles. The third-order valence-corrected chi connectivity index (χ3v) is 11.3. The lowest BCUT2D eigenvalue weighted by Crippen LogP contribution is -2.62. The van der Waals surface area contributed by atoms with E-state index in [0.717, 1.165) is 88.3 Å². The number of para-hydroxylation sites is 1. The van der Waals surface area contributed by atoms with Crippen molar-refractivity contribution < 1.29 is 14.4 Å². The predicted octanol–water partition coefficient (Wildman–Crippen LogP) is 7.77. The third-order valence-electron chi connectivity index (χ3n) is 9.76. The van der Waals surface area contributed by atoms with Crippen LogP contribution in [0.4, 0.5) is 0 Å². The van der Waals surface area contributed by atoms with E-state index >= 15 is 0 Å². The first-order valence-corrected chi connectivity index (χ1v) is 15.1. The largest absolute Gasteiger partial charge is 0.382 e. The van der Waals surface area contributed by atoms with E-state index in [2.05, 4.69) is 24.2 Å². The smallest absolute Gasteiger partial charge is 0.145 e. The SMILES string of the molecule is Cc1cccc(Cl)c1-c1noc(C2CC2)c1COC12CC3C[C@H](C1)C(O)(c1nc4ccccc4s1)[C@@H](C3)C2. The summed E-state index contributed by atoms with van der Waals surface area (Å²) >= 11 is 8.33. The summed E-state index contributed by atoms with van der Waals surface area (Å²) in [6.45, 7) is 2.54. The van der Waals surface area contributed by atoms with Gasteiger partial charge in [0.2, 0.25) is 0 Å². The molecule has 9 rings (SSSR count). The highest BCUT2D eigenvalue weighted by Gasteiger charge is 2.64. The van der Waals surface area contributed by atoms with Crippen LogP contribution in [0.15, 0.2) is 47.0 Å². The summed E-state index contributed by atoms with van der Waals surface area (Å²) in [6.07, 6.45) is 7.19. The minimum Gasteiger partial charge on any atom is -0.382 e. The Kier molecular flexibility index (Phi) is 5.21. The molecule has 5 aliphatic rings. The first-order valence-electron chi connectivity index (χ1n) is 13.9. The maximum Gasteiger partial charge on any atom is 0.145 e. The standard InChI is InChI=1S/C31H31ClN2O3S/c1-17-5-4-6-23(32)26(17)27-22(28(37-34-27)19-9-10-19)16-36-30-13-18-11-20(14-30)31(35,21(12-18)15-30)29-33-24-7-2-3-8-25(24)38-29/h2-8,18-21,35H,9-16H2,1H3/t18?,20-,21+,30?,31?. The van der Waals surface area contributed by atoms with Crippen molar-refractivity contribution in [1.82, 2.24) is 10.1 Å². The van der Waals surface area contributed by atoms with Gasteiger partial charge in [-0.1, -0.05) is 41.0 Å². The van der Waals surface area contributed by atoms with E-state index in [0.29, 0.717) is 23.5 Å². The Hall–Kier alpha value is -2.25. The molecule has 3 unspecified atom stereocenters. The first kappa shape index (κ1) is 23.6. The second kappa shape index (κ2) is 8.37. The number of rotatable bonds is 6. The van der Waals surface area contributed by atoms with Crippen molar-refractivity contribution >= 4 is 33.2 Å². The topological polar surface area (TPSA) is 68.4 Å². The number of hydrogen-bond acceptors (Lipinski definition) is 6. The molecule has 0 amide bonds. The Labute approximate surface area is 231 Å². The van der Waals surface area contributed by atoms with E-state index in [-0.39, 0.29) is 17.4 Å². The van der Waals surface area contributed by atoms with Gasteiger partial charge in [-0.2, -0.15) is 0 Å². The van der Waals surface area contributed by atoms with Gasteiger partial charge >= 0.3 is 0 Å². The van der Waals surface area contributed by atoms with Crippen molar-refractivity contribution in [3.63, 3.8) is 0 Å². The van der Waals surface area contributed by atoms with Gasteiger partial charge in [0, 0.05) is 17.0 Å².